The molecule has 6 heteroatoms. The second-order valence-corrected chi connectivity index (χ2v) is 6.81. The fraction of sp³-hybridized carbons (Fsp3) is 0.250. The van der Waals surface area contributed by atoms with Crippen molar-refractivity contribution in [2.75, 3.05) is 5.32 Å². The molecule has 132 valence electrons. The van der Waals surface area contributed by atoms with E-state index in [-0.39, 0.29) is 5.91 Å². The predicted molar refractivity (Wildman–Crippen MR) is 102 cm³/mol. The minimum atomic E-state index is -0.213. The summed E-state index contributed by atoms with van der Waals surface area (Å²) in [7, 11) is 0. The quantitative estimate of drug-likeness (QED) is 0.738. The zero-order chi connectivity index (χ0) is 17.9. The summed E-state index contributed by atoms with van der Waals surface area (Å²) in [5.74, 6) is 1.14. The number of rotatable bonds is 3. The lowest BCUT2D eigenvalue weighted by atomic mass is 10.1. The van der Waals surface area contributed by atoms with Crippen molar-refractivity contribution in [2.24, 2.45) is 0 Å². The van der Waals surface area contributed by atoms with Crippen LogP contribution in [0.4, 0.5) is 5.82 Å². The molecule has 0 saturated carbocycles. The molecule has 1 aliphatic rings. The molecule has 5 nitrogen and oxygen atoms in total. The third-order valence-electron chi connectivity index (χ3n) is 4.59. The normalized spacial score (nSPS) is 13.7. The first kappa shape index (κ1) is 16.8. The summed E-state index contributed by atoms with van der Waals surface area (Å²) >= 11 is 6.02. The third kappa shape index (κ3) is 3.35. The van der Waals surface area contributed by atoms with E-state index >= 15 is 0 Å². The van der Waals surface area contributed by atoms with Crippen LogP contribution in [0, 0.1) is 0 Å². The summed E-state index contributed by atoms with van der Waals surface area (Å²) in [4.78, 5) is 21.7. The number of hydrogen-bond acceptors (Lipinski definition) is 3. The van der Waals surface area contributed by atoms with Crippen molar-refractivity contribution in [1.82, 2.24) is 14.5 Å². The molecule has 4 rings (SSSR count). The molecule has 3 heterocycles. The largest absolute Gasteiger partial charge is 0.327 e. The van der Waals surface area contributed by atoms with E-state index in [1.807, 2.05) is 36.4 Å². The summed E-state index contributed by atoms with van der Waals surface area (Å²) in [5, 5.41) is 3.54. The van der Waals surface area contributed by atoms with Gasteiger partial charge in [0.1, 0.15) is 17.3 Å². The minimum Gasteiger partial charge on any atom is -0.327 e. The molecular formula is C20H19ClN4O. The van der Waals surface area contributed by atoms with Gasteiger partial charge in [-0.1, -0.05) is 24.1 Å². The molecule has 3 aromatic rings. The molecule has 0 fully saturated rings. The molecule has 1 N–H and O–H groups in total. The van der Waals surface area contributed by atoms with Crippen molar-refractivity contribution in [3.8, 4) is 11.4 Å². The van der Waals surface area contributed by atoms with Gasteiger partial charge in [-0.05, 0) is 55.7 Å². The average molecular weight is 367 g/mol. The zero-order valence-electron chi connectivity index (χ0n) is 14.3. The highest BCUT2D eigenvalue weighted by atomic mass is 35.5. The molecule has 26 heavy (non-hydrogen) atoms. The Hall–Kier alpha value is -2.66. The van der Waals surface area contributed by atoms with E-state index < -0.39 is 0 Å². The minimum absolute atomic E-state index is 0.213. The molecule has 1 amide bonds. The zero-order valence-corrected chi connectivity index (χ0v) is 15.0. The highest BCUT2D eigenvalue weighted by Crippen LogP contribution is 2.28. The number of carbonyl (C=O) groups is 1. The van der Waals surface area contributed by atoms with Crippen LogP contribution in [-0.2, 0) is 13.0 Å². The van der Waals surface area contributed by atoms with Crippen molar-refractivity contribution in [1.29, 1.82) is 0 Å². The van der Waals surface area contributed by atoms with Crippen LogP contribution < -0.4 is 5.32 Å². The lowest BCUT2D eigenvalue weighted by Gasteiger charge is -2.09. The second kappa shape index (κ2) is 7.30. The topological polar surface area (TPSA) is 59.8 Å². The molecule has 1 aliphatic heterocycles. The molecule has 0 radical (unpaired) electrons. The van der Waals surface area contributed by atoms with Gasteiger partial charge in [0.15, 0.2) is 0 Å². The number of halogens is 1. The maximum Gasteiger partial charge on any atom is 0.277 e. The SMILES string of the molecule is O=C(Nc1ccccn1)c1nc(-c2ccc(Cl)cc2)n2c1CCCCC2. The first-order chi connectivity index (χ1) is 12.7. The smallest absolute Gasteiger partial charge is 0.277 e. The van der Waals surface area contributed by atoms with E-state index in [0.29, 0.717) is 16.5 Å². The molecule has 0 atom stereocenters. The Balaban J connectivity index is 1.74. The first-order valence-electron chi connectivity index (χ1n) is 8.80. The lowest BCUT2D eigenvalue weighted by Crippen LogP contribution is -2.16. The number of pyridine rings is 1. The van der Waals surface area contributed by atoms with Gasteiger partial charge < -0.3 is 9.88 Å². The van der Waals surface area contributed by atoms with E-state index in [4.69, 9.17) is 16.6 Å². The van der Waals surface area contributed by atoms with Crippen molar-refractivity contribution >= 4 is 23.3 Å². The number of amides is 1. The first-order valence-corrected chi connectivity index (χ1v) is 9.18. The van der Waals surface area contributed by atoms with Gasteiger partial charge in [0.2, 0.25) is 0 Å². The Morgan fingerprint density at radius 1 is 1.08 bits per heavy atom. The van der Waals surface area contributed by atoms with Gasteiger partial charge in [-0.15, -0.1) is 0 Å². The van der Waals surface area contributed by atoms with E-state index in [9.17, 15) is 4.79 Å². The summed E-state index contributed by atoms with van der Waals surface area (Å²) in [6.45, 7) is 0.872. The fourth-order valence-electron chi connectivity index (χ4n) is 3.33. The number of hydrogen-bond donors (Lipinski definition) is 1. The number of benzene rings is 1. The fourth-order valence-corrected chi connectivity index (χ4v) is 3.46. The van der Waals surface area contributed by atoms with E-state index in [0.717, 1.165) is 49.3 Å². The highest BCUT2D eigenvalue weighted by Gasteiger charge is 2.24. The maximum atomic E-state index is 12.8. The van der Waals surface area contributed by atoms with Crippen molar-refractivity contribution in [2.45, 2.75) is 32.2 Å². The van der Waals surface area contributed by atoms with Gasteiger partial charge in [-0.25, -0.2) is 9.97 Å². The Bertz CT molecular complexity index is 919. The van der Waals surface area contributed by atoms with Gasteiger partial charge in [0.25, 0.3) is 5.91 Å². The van der Waals surface area contributed by atoms with Gasteiger partial charge in [0.05, 0.1) is 5.69 Å². The average Bonchev–Trinajstić information content (AvgIpc) is 2.85. The van der Waals surface area contributed by atoms with Crippen molar-refractivity contribution < 1.29 is 4.79 Å². The molecule has 0 spiro atoms. The summed E-state index contributed by atoms with van der Waals surface area (Å²) in [6.07, 6.45) is 5.82. The molecule has 0 saturated heterocycles. The molecule has 0 aliphatic carbocycles. The van der Waals surface area contributed by atoms with Gasteiger partial charge in [-0.3, -0.25) is 4.79 Å². The Morgan fingerprint density at radius 3 is 2.69 bits per heavy atom. The lowest BCUT2D eigenvalue weighted by molar-refractivity contribution is 0.102. The number of carbonyl (C=O) groups excluding carboxylic acids is 1. The Morgan fingerprint density at radius 2 is 1.92 bits per heavy atom. The van der Waals surface area contributed by atoms with Crippen LogP contribution in [0.25, 0.3) is 11.4 Å². The van der Waals surface area contributed by atoms with Crippen molar-refractivity contribution in [3.63, 3.8) is 0 Å². The van der Waals surface area contributed by atoms with Crippen LogP contribution in [0.2, 0.25) is 5.02 Å². The highest BCUT2D eigenvalue weighted by molar-refractivity contribution is 6.30. The molecular weight excluding hydrogens is 348 g/mol. The van der Waals surface area contributed by atoms with Crippen LogP contribution >= 0.6 is 11.6 Å². The van der Waals surface area contributed by atoms with Gasteiger partial charge in [0, 0.05) is 23.3 Å². The molecule has 2 aromatic heterocycles. The number of aromatic nitrogens is 3. The van der Waals surface area contributed by atoms with Crippen molar-refractivity contribution in [3.05, 3.63) is 65.1 Å². The van der Waals surface area contributed by atoms with Crippen LogP contribution in [0.15, 0.2) is 48.7 Å². The number of nitrogens with one attached hydrogen (secondary N) is 1. The van der Waals surface area contributed by atoms with Crippen LogP contribution in [0.1, 0.15) is 35.4 Å². The molecule has 1 aromatic carbocycles. The monoisotopic (exact) mass is 366 g/mol. The number of fused-ring (bicyclic) bond motifs is 1. The summed E-state index contributed by atoms with van der Waals surface area (Å²) in [5.41, 5.74) is 2.46. The predicted octanol–water partition coefficient (Wildman–Crippen LogP) is 4.58. The Labute approximate surface area is 157 Å². The van der Waals surface area contributed by atoms with E-state index in [1.165, 1.54) is 0 Å². The van der Waals surface area contributed by atoms with Gasteiger partial charge >= 0.3 is 0 Å². The second-order valence-electron chi connectivity index (χ2n) is 6.37. The summed E-state index contributed by atoms with van der Waals surface area (Å²) < 4.78 is 2.18. The maximum absolute atomic E-state index is 12.8. The van der Waals surface area contributed by atoms with Crippen LogP contribution in [0.5, 0.6) is 0 Å². The van der Waals surface area contributed by atoms with E-state index in [2.05, 4.69) is 14.9 Å². The van der Waals surface area contributed by atoms with Crippen LogP contribution in [0.3, 0.4) is 0 Å². The standard InChI is InChI=1S/C20H19ClN4O/c21-15-10-8-14(9-11-15)19-24-18(16-6-2-1-5-13-25(16)19)20(26)23-17-7-3-4-12-22-17/h3-4,7-12H,1-2,5-6,13H2,(H,22,23,26). The van der Waals surface area contributed by atoms with E-state index in [1.54, 1.807) is 12.3 Å². The molecule has 0 bridgehead atoms. The Kier molecular flexibility index (Phi) is 4.71. The number of anilines is 1. The number of imidazole rings is 1. The third-order valence-corrected chi connectivity index (χ3v) is 4.84. The molecule has 0 unspecified atom stereocenters. The van der Waals surface area contributed by atoms with Crippen LogP contribution in [-0.4, -0.2) is 20.4 Å². The van der Waals surface area contributed by atoms with Gasteiger partial charge in [-0.2, -0.15) is 0 Å². The number of nitrogens with zero attached hydrogens (tertiary/aromatic N) is 3. The summed E-state index contributed by atoms with van der Waals surface area (Å²) in [6, 6.07) is 13.0.